The predicted molar refractivity (Wildman–Crippen MR) is 61.7 cm³/mol. The van der Waals surface area contributed by atoms with Crippen molar-refractivity contribution in [1.29, 1.82) is 0 Å². The van der Waals surface area contributed by atoms with E-state index in [1.165, 1.54) is 12.1 Å². The zero-order valence-electron chi connectivity index (χ0n) is 9.53. The molecular formula is C13H15FN2O. The van der Waals surface area contributed by atoms with Crippen LogP contribution in [0.4, 0.5) is 4.39 Å². The molecule has 0 bridgehead atoms. The lowest BCUT2D eigenvalue weighted by Crippen LogP contribution is -2.30. The van der Waals surface area contributed by atoms with Crippen molar-refractivity contribution in [2.75, 3.05) is 19.6 Å². The van der Waals surface area contributed by atoms with E-state index in [4.69, 9.17) is 0 Å². The molecule has 2 aliphatic rings. The Hall–Kier alpha value is -1.42. The molecule has 90 valence electrons. The molecule has 2 atom stereocenters. The topological polar surface area (TPSA) is 32.3 Å². The van der Waals surface area contributed by atoms with Crippen LogP contribution >= 0.6 is 0 Å². The average molecular weight is 234 g/mol. The van der Waals surface area contributed by atoms with E-state index in [2.05, 4.69) is 5.32 Å². The molecule has 0 radical (unpaired) electrons. The zero-order chi connectivity index (χ0) is 11.8. The van der Waals surface area contributed by atoms with Crippen LogP contribution in [0.15, 0.2) is 24.3 Å². The van der Waals surface area contributed by atoms with E-state index < -0.39 is 0 Å². The first-order valence-electron chi connectivity index (χ1n) is 5.98. The maximum absolute atomic E-state index is 13.1. The Morgan fingerprint density at radius 2 is 2.29 bits per heavy atom. The minimum Gasteiger partial charge on any atom is -0.338 e. The lowest BCUT2D eigenvalue weighted by atomic mass is 10.0. The van der Waals surface area contributed by atoms with Gasteiger partial charge in [0.1, 0.15) is 5.82 Å². The second kappa shape index (κ2) is 4.11. The summed E-state index contributed by atoms with van der Waals surface area (Å²) in [6.45, 7) is 3.05. The van der Waals surface area contributed by atoms with E-state index in [9.17, 15) is 9.18 Å². The number of hydrogen-bond donors (Lipinski definition) is 1. The molecule has 1 amide bonds. The molecule has 0 aromatic heterocycles. The van der Waals surface area contributed by atoms with Crippen molar-refractivity contribution in [3.63, 3.8) is 0 Å². The van der Waals surface area contributed by atoms with Gasteiger partial charge in [0.15, 0.2) is 0 Å². The molecule has 2 saturated heterocycles. The van der Waals surface area contributed by atoms with Crippen LogP contribution in [0.2, 0.25) is 0 Å². The van der Waals surface area contributed by atoms with E-state index in [1.54, 1.807) is 6.07 Å². The number of rotatable bonds is 2. The number of halogens is 1. The van der Waals surface area contributed by atoms with E-state index in [0.29, 0.717) is 12.5 Å². The number of amides is 1. The van der Waals surface area contributed by atoms with Gasteiger partial charge in [0.25, 0.3) is 0 Å². The Bertz CT molecular complexity index is 449. The van der Waals surface area contributed by atoms with Crippen LogP contribution < -0.4 is 5.32 Å². The second-order valence-corrected chi connectivity index (χ2v) is 4.87. The third kappa shape index (κ3) is 1.93. The molecule has 1 aromatic rings. The Labute approximate surface area is 99.6 Å². The Kier molecular flexibility index (Phi) is 2.59. The summed E-state index contributed by atoms with van der Waals surface area (Å²) >= 11 is 0. The first-order chi connectivity index (χ1) is 8.24. The van der Waals surface area contributed by atoms with Crippen LogP contribution in [0.25, 0.3) is 0 Å². The lowest BCUT2D eigenvalue weighted by Gasteiger charge is -2.17. The summed E-state index contributed by atoms with van der Waals surface area (Å²) in [7, 11) is 0. The Morgan fingerprint density at radius 3 is 3.06 bits per heavy atom. The van der Waals surface area contributed by atoms with E-state index in [-0.39, 0.29) is 17.6 Å². The molecule has 3 rings (SSSR count). The summed E-state index contributed by atoms with van der Waals surface area (Å²) < 4.78 is 13.1. The van der Waals surface area contributed by atoms with Gasteiger partial charge in [0, 0.05) is 32.1 Å². The number of benzene rings is 1. The molecule has 2 heterocycles. The summed E-state index contributed by atoms with van der Waals surface area (Å²) in [5, 5.41) is 3.24. The molecule has 2 aliphatic heterocycles. The van der Waals surface area contributed by atoms with Crippen molar-refractivity contribution >= 4 is 5.91 Å². The molecule has 0 aliphatic carbocycles. The fourth-order valence-electron chi connectivity index (χ4n) is 2.82. The smallest absolute Gasteiger partial charge is 0.227 e. The molecule has 4 heteroatoms. The number of nitrogens with zero attached hydrogens (tertiary/aromatic N) is 1. The highest BCUT2D eigenvalue weighted by molar-refractivity contribution is 5.82. The molecule has 17 heavy (non-hydrogen) atoms. The summed E-state index contributed by atoms with van der Waals surface area (Å²) in [4.78, 5) is 13.9. The van der Waals surface area contributed by atoms with Gasteiger partial charge in [-0.1, -0.05) is 12.1 Å². The molecule has 1 N–H and O–H groups in total. The van der Waals surface area contributed by atoms with Gasteiger partial charge in [-0.2, -0.15) is 0 Å². The number of likely N-dealkylation sites (tertiary alicyclic amines) is 1. The highest BCUT2D eigenvalue weighted by atomic mass is 19.1. The lowest BCUT2D eigenvalue weighted by molar-refractivity contribution is -0.131. The minimum absolute atomic E-state index is 0.142. The monoisotopic (exact) mass is 234 g/mol. The van der Waals surface area contributed by atoms with Crippen LogP contribution in [0.3, 0.4) is 0 Å². The highest BCUT2D eigenvalue weighted by Gasteiger charge is 2.42. The molecule has 1 aromatic carbocycles. The number of hydrogen-bond acceptors (Lipinski definition) is 2. The van der Waals surface area contributed by atoms with Gasteiger partial charge in [0.2, 0.25) is 5.91 Å². The quantitative estimate of drug-likeness (QED) is 0.828. The van der Waals surface area contributed by atoms with Crippen molar-refractivity contribution in [3.05, 3.63) is 35.6 Å². The van der Waals surface area contributed by atoms with Crippen LogP contribution in [0.5, 0.6) is 0 Å². The molecule has 3 nitrogen and oxygen atoms in total. The van der Waals surface area contributed by atoms with Crippen molar-refractivity contribution in [2.24, 2.45) is 11.8 Å². The maximum atomic E-state index is 13.1. The van der Waals surface area contributed by atoms with Crippen molar-refractivity contribution in [1.82, 2.24) is 10.2 Å². The van der Waals surface area contributed by atoms with Crippen molar-refractivity contribution in [2.45, 2.75) is 6.54 Å². The molecular weight excluding hydrogens is 219 g/mol. The first-order valence-corrected chi connectivity index (χ1v) is 5.98. The standard InChI is InChI=1S/C13H15FN2O/c14-11-3-1-2-9(4-11)7-16-8-10-5-15-6-12(10)13(16)17/h1-4,10,12,15H,5-8H2/t10-,12-/m0/s1. The van der Waals surface area contributed by atoms with Gasteiger partial charge in [-0.05, 0) is 17.7 Å². The van der Waals surface area contributed by atoms with Crippen LogP contribution in [0, 0.1) is 17.7 Å². The number of carbonyl (C=O) groups excluding carboxylic acids is 1. The maximum Gasteiger partial charge on any atom is 0.227 e. The van der Waals surface area contributed by atoms with Gasteiger partial charge < -0.3 is 10.2 Å². The van der Waals surface area contributed by atoms with Gasteiger partial charge in [-0.15, -0.1) is 0 Å². The van der Waals surface area contributed by atoms with Crippen molar-refractivity contribution in [3.8, 4) is 0 Å². The SMILES string of the molecule is O=C1[C@H]2CNC[C@H]2CN1Cc1cccc(F)c1. The van der Waals surface area contributed by atoms with Crippen LogP contribution in [0.1, 0.15) is 5.56 Å². The first kappa shape index (κ1) is 10.7. The van der Waals surface area contributed by atoms with Gasteiger partial charge >= 0.3 is 0 Å². The average Bonchev–Trinajstić information content (AvgIpc) is 2.84. The Balaban J connectivity index is 1.72. The van der Waals surface area contributed by atoms with Gasteiger partial charge in [0.05, 0.1) is 5.92 Å². The zero-order valence-corrected chi connectivity index (χ0v) is 9.53. The van der Waals surface area contributed by atoms with Crippen molar-refractivity contribution < 1.29 is 9.18 Å². The minimum atomic E-state index is -0.240. The van der Waals surface area contributed by atoms with Gasteiger partial charge in [-0.3, -0.25) is 4.79 Å². The van der Waals surface area contributed by atoms with Crippen LogP contribution in [-0.4, -0.2) is 30.4 Å². The molecule has 0 unspecified atom stereocenters. The largest absolute Gasteiger partial charge is 0.338 e. The summed E-state index contributed by atoms with van der Waals surface area (Å²) in [5.41, 5.74) is 0.867. The van der Waals surface area contributed by atoms with Gasteiger partial charge in [-0.25, -0.2) is 4.39 Å². The Morgan fingerprint density at radius 1 is 1.41 bits per heavy atom. The third-order valence-corrected chi connectivity index (χ3v) is 3.69. The number of fused-ring (bicyclic) bond motifs is 1. The molecule has 0 saturated carbocycles. The van der Waals surface area contributed by atoms with E-state index in [1.807, 2.05) is 11.0 Å². The number of nitrogens with one attached hydrogen (secondary N) is 1. The highest BCUT2D eigenvalue weighted by Crippen LogP contribution is 2.28. The fraction of sp³-hybridized carbons (Fsp3) is 0.462. The molecule has 2 fully saturated rings. The number of carbonyl (C=O) groups is 1. The third-order valence-electron chi connectivity index (χ3n) is 3.69. The predicted octanol–water partition coefficient (Wildman–Crippen LogP) is 1.00. The molecule has 0 spiro atoms. The summed E-state index contributed by atoms with van der Waals surface area (Å²) in [6.07, 6.45) is 0. The van der Waals surface area contributed by atoms with E-state index in [0.717, 1.165) is 25.2 Å². The second-order valence-electron chi connectivity index (χ2n) is 4.87. The normalized spacial score (nSPS) is 27.6. The summed E-state index contributed by atoms with van der Waals surface area (Å²) in [6, 6.07) is 6.48. The fourth-order valence-corrected chi connectivity index (χ4v) is 2.82. The van der Waals surface area contributed by atoms with E-state index >= 15 is 0 Å². The van der Waals surface area contributed by atoms with Crippen LogP contribution in [-0.2, 0) is 11.3 Å². The summed E-state index contributed by atoms with van der Waals surface area (Å²) in [5.74, 6) is 0.555.